The van der Waals surface area contributed by atoms with Crippen LogP contribution in [0.2, 0.25) is 0 Å². The smallest absolute Gasteiger partial charge is 0.152 e. The molecular weight excluding hydrogens is 149 g/mol. The van der Waals surface area contributed by atoms with Crippen LogP contribution in [0.15, 0.2) is 12.4 Å². The fourth-order valence-corrected chi connectivity index (χ4v) is 0.844. The van der Waals surface area contributed by atoms with Crippen LogP contribution in [0.3, 0.4) is 0 Å². The van der Waals surface area contributed by atoms with E-state index in [4.69, 9.17) is 5.11 Å². The Morgan fingerprint density at radius 2 is 2.20 bits per heavy atom. The second-order valence-corrected chi connectivity index (χ2v) is 1.94. The van der Waals surface area contributed by atoms with E-state index in [0.29, 0.717) is 11.5 Å². The molecular formula is C5H8N3OP. The van der Waals surface area contributed by atoms with Crippen LogP contribution in [0, 0.1) is 0 Å². The fraction of sp³-hybridized carbons (Fsp3) is 0.200. The predicted molar refractivity (Wildman–Crippen MR) is 41.3 cm³/mol. The summed E-state index contributed by atoms with van der Waals surface area (Å²) >= 11 is 0. The van der Waals surface area contributed by atoms with Crippen LogP contribution < -0.4 is 5.09 Å². The van der Waals surface area contributed by atoms with E-state index in [-0.39, 0.29) is 6.61 Å². The number of aliphatic hydroxyl groups excluding tert-OH is 1. The number of nitrogens with one attached hydrogen (secondary N) is 1. The third-order valence-corrected chi connectivity index (χ3v) is 1.33. The Morgan fingerprint density at radius 3 is 2.70 bits per heavy atom. The summed E-state index contributed by atoms with van der Waals surface area (Å²) in [5.74, 6) is 0.593. The lowest BCUT2D eigenvalue weighted by atomic mass is 10.4. The minimum Gasteiger partial charge on any atom is -0.390 e. The second-order valence-electron chi connectivity index (χ2n) is 1.65. The largest absolute Gasteiger partial charge is 0.390 e. The summed E-state index contributed by atoms with van der Waals surface area (Å²) in [6.45, 7) is -0.0927. The molecule has 0 spiro atoms. The van der Waals surface area contributed by atoms with Crippen LogP contribution in [-0.2, 0) is 6.61 Å². The van der Waals surface area contributed by atoms with Crippen LogP contribution in [0.4, 0.5) is 5.82 Å². The first kappa shape index (κ1) is 7.38. The fourth-order valence-electron chi connectivity index (χ4n) is 0.603. The van der Waals surface area contributed by atoms with Crippen molar-refractivity contribution in [1.29, 1.82) is 0 Å². The normalized spacial score (nSPS) is 9.40. The monoisotopic (exact) mass is 157 g/mol. The van der Waals surface area contributed by atoms with Crippen LogP contribution in [-0.4, -0.2) is 15.1 Å². The third kappa shape index (κ3) is 1.40. The lowest BCUT2D eigenvalue weighted by Crippen LogP contribution is -1.96. The van der Waals surface area contributed by atoms with E-state index >= 15 is 0 Å². The number of aliphatic hydroxyl groups is 1. The van der Waals surface area contributed by atoms with Crippen molar-refractivity contribution < 1.29 is 5.11 Å². The zero-order valence-electron chi connectivity index (χ0n) is 5.28. The van der Waals surface area contributed by atoms with Gasteiger partial charge in [-0.25, -0.2) is 4.98 Å². The average Bonchev–Trinajstić information content (AvgIpc) is 2.04. The molecule has 0 aliphatic heterocycles. The van der Waals surface area contributed by atoms with E-state index in [0.717, 1.165) is 0 Å². The molecule has 1 aromatic heterocycles. The van der Waals surface area contributed by atoms with E-state index in [1.54, 1.807) is 6.20 Å². The minimum atomic E-state index is -0.0927. The molecule has 0 aromatic carbocycles. The topological polar surface area (TPSA) is 58.0 Å². The molecule has 1 aromatic rings. The van der Waals surface area contributed by atoms with Crippen LogP contribution in [0.1, 0.15) is 5.69 Å². The van der Waals surface area contributed by atoms with Gasteiger partial charge in [-0.05, 0) is 9.39 Å². The van der Waals surface area contributed by atoms with E-state index < -0.39 is 0 Å². The van der Waals surface area contributed by atoms with Gasteiger partial charge in [0.05, 0.1) is 6.61 Å². The Morgan fingerprint density at radius 1 is 1.50 bits per heavy atom. The van der Waals surface area contributed by atoms with Gasteiger partial charge in [-0.2, -0.15) is 0 Å². The van der Waals surface area contributed by atoms with E-state index in [1.165, 1.54) is 6.20 Å². The lowest BCUT2D eigenvalue weighted by Gasteiger charge is -2.01. The van der Waals surface area contributed by atoms with Crippen molar-refractivity contribution in [3.63, 3.8) is 0 Å². The number of aromatic nitrogens is 2. The maximum absolute atomic E-state index is 8.70. The Bertz CT molecular complexity index is 195. The van der Waals surface area contributed by atoms with Crippen LogP contribution in [0.5, 0.6) is 0 Å². The highest BCUT2D eigenvalue weighted by Crippen LogP contribution is 2.08. The van der Waals surface area contributed by atoms with Crippen molar-refractivity contribution in [2.24, 2.45) is 0 Å². The SMILES string of the molecule is OCc1nccnc1NP. The molecule has 0 fully saturated rings. The highest BCUT2D eigenvalue weighted by Gasteiger charge is 1.98. The molecule has 4 nitrogen and oxygen atoms in total. The maximum Gasteiger partial charge on any atom is 0.152 e. The van der Waals surface area contributed by atoms with Crippen molar-refractivity contribution in [3.8, 4) is 0 Å². The van der Waals surface area contributed by atoms with Crippen molar-refractivity contribution in [1.82, 2.24) is 9.97 Å². The summed E-state index contributed by atoms with van der Waals surface area (Å²) in [5, 5.41) is 11.4. The molecule has 10 heavy (non-hydrogen) atoms. The molecule has 1 rings (SSSR count). The van der Waals surface area contributed by atoms with Crippen LogP contribution >= 0.6 is 9.39 Å². The molecule has 0 aliphatic rings. The molecule has 2 N–H and O–H groups in total. The summed E-state index contributed by atoms with van der Waals surface area (Å²) < 4.78 is 0. The molecule has 0 saturated carbocycles. The Balaban J connectivity index is 2.96. The van der Waals surface area contributed by atoms with Gasteiger partial charge >= 0.3 is 0 Å². The van der Waals surface area contributed by atoms with Gasteiger partial charge in [0, 0.05) is 12.4 Å². The van der Waals surface area contributed by atoms with Crippen molar-refractivity contribution >= 4 is 15.2 Å². The molecule has 0 saturated heterocycles. The molecule has 1 heterocycles. The summed E-state index contributed by atoms with van der Waals surface area (Å²) in [7, 11) is 2.29. The van der Waals surface area contributed by atoms with Crippen molar-refractivity contribution in [3.05, 3.63) is 18.1 Å². The summed E-state index contributed by atoms with van der Waals surface area (Å²) in [4.78, 5) is 7.79. The number of nitrogens with zero attached hydrogens (tertiary/aromatic N) is 2. The zero-order chi connectivity index (χ0) is 7.40. The Kier molecular flexibility index (Phi) is 2.54. The first-order valence-corrected chi connectivity index (χ1v) is 3.33. The van der Waals surface area contributed by atoms with Gasteiger partial charge in [0.1, 0.15) is 5.69 Å². The van der Waals surface area contributed by atoms with Gasteiger partial charge in [-0.3, -0.25) is 4.98 Å². The molecule has 5 heteroatoms. The van der Waals surface area contributed by atoms with Crippen LogP contribution in [0.25, 0.3) is 0 Å². The molecule has 54 valence electrons. The number of hydrogen-bond acceptors (Lipinski definition) is 4. The molecule has 0 aliphatic carbocycles. The van der Waals surface area contributed by atoms with Gasteiger partial charge in [0.15, 0.2) is 5.82 Å². The number of rotatable bonds is 2. The number of hydrogen-bond donors (Lipinski definition) is 2. The Labute approximate surface area is 61.0 Å². The minimum absolute atomic E-state index is 0.0927. The highest BCUT2D eigenvalue weighted by molar-refractivity contribution is 7.18. The van der Waals surface area contributed by atoms with Gasteiger partial charge in [-0.15, -0.1) is 0 Å². The molecule has 0 bridgehead atoms. The van der Waals surface area contributed by atoms with E-state index in [9.17, 15) is 0 Å². The standard InChI is InChI=1S/C5H8N3OP/c9-3-4-5(8-10)7-2-1-6-4/h1-2,9H,3,10H2,(H,7,8). The van der Waals surface area contributed by atoms with E-state index in [2.05, 4.69) is 24.4 Å². The van der Waals surface area contributed by atoms with Crippen molar-refractivity contribution in [2.45, 2.75) is 6.61 Å². The summed E-state index contributed by atoms with van der Waals surface area (Å²) in [6.07, 6.45) is 3.10. The zero-order valence-corrected chi connectivity index (χ0v) is 6.44. The molecule has 1 atom stereocenters. The molecule has 0 radical (unpaired) electrons. The third-order valence-electron chi connectivity index (χ3n) is 1.06. The van der Waals surface area contributed by atoms with Crippen molar-refractivity contribution in [2.75, 3.05) is 5.09 Å². The quantitative estimate of drug-likeness (QED) is 0.601. The first-order valence-electron chi connectivity index (χ1n) is 2.76. The maximum atomic E-state index is 8.70. The van der Waals surface area contributed by atoms with Gasteiger partial charge < -0.3 is 10.2 Å². The predicted octanol–water partition coefficient (Wildman–Crippen LogP) is 0.171. The van der Waals surface area contributed by atoms with Gasteiger partial charge in [0.25, 0.3) is 0 Å². The van der Waals surface area contributed by atoms with E-state index in [1.807, 2.05) is 0 Å². The summed E-state index contributed by atoms with van der Waals surface area (Å²) in [6, 6.07) is 0. The number of anilines is 1. The molecule has 1 unspecified atom stereocenters. The van der Waals surface area contributed by atoms with Gasteiger partial charge in [-0.1, -0.05) is 0 Å². The molecule has 0 amide bonds. The average molecular weight is 157 g/mol. The lowest BCUT2D eigenvalue weighted by molar-refractivity contribution is 0.277. The Hall–Kier alpha value is -0.730. The summed E-state index contributed by atoms with van der Waals surface area (Å²) in [5.41, 5.74) is 0.553. The highest BCUT2D eigenvalue weighted by atomic mass is 31.0. The second kappa shape index (κ2) is 3.44. The first-order chi connectivity index (χ1) is 4.88. The van der Waals surface area contributed by atoms with Gasteiger partial charge in [0.2, 0.25) is 0 Å².